The van der Waals surface area contributed by atoms with E-state index in [2.05, 4.69) is 32.9 Å². The molecular formula is C15H12IN3O2. The molecule has 2 aromatic carbocycles. The molecule has 0 aliphatic rings. The van der Waals surface area contributed by atoms with Crippen molar-refractivity contribution < 1.29 is 9.53 Å². The van der Waals surface area contributed by atoms with Crippen LogP contribution in [0.1, 0.15) is 17.3 Å². The molecule has 0 bridgehead atoms. The zero-order valence-electron chi connectivity index (χ0n) is 11.3. The standard InChI is InChI=1S/C15H12IN3O2/c1-2-19-14-8-3-10(9-13(14)17-18-19)15(20)21-12-6-4-11(16)5-7-12/h3-9H,2H2,1H3. The zero-order valence-corrected chi connectivity index (χ0v) is 13.4. The fraction of sp³-hybridized carbons (Fsp3) is 0.133. The van der Waals surface area contributed by atoms with Gasteiger partial charge in [0.15, 0.2) is 0 Å². The molecular weight excluding hydrogens is 381 g/mol. The Balaban J connectivity index is 1.85. The van der Waals surface area contributed by atoms with Crippen molar-refractivity contribution >= 4 is 39.6 Å². The highest BCUT2D eigenvalue weighted by Crippen LogP contribution is 2.18. The van der Waals surface area contributed by atoms with Crippen molar-refractivity contribution in [3.05, 3.63) is 51.6 Å². The molecule has 0 aliphatic carbocycles. The topological polar surface area (TPSA) is 57.0 Å². The van der Waals surface area contributed by atoms with Gasteiger partial charge in [-0.15, -0.1) is 5.10 Å². The van der Waals surface area contributed by atoms with Gasteiger partial charge in [-0.05, 0) is 72.0 Å². The lowest BCUT2D eigenvalue weighted by Gasteiger charge is -2.04. The first-order valence-electron chi connectivity index (χ1n) is 6.48. The van der Waals surface area contributed by atoms with Gasteiger partial charge < -0.3 is 4.74 Å². The third-order valence-corrected chi connectivity index (χ3v) is 3.79. The van der Waals surface area contributed by atoms with Gasteiger partial charge in [-0.2, -0.15) is 0 Å². The van der Waals surface area contributed by atoms with Gasteiger partial charge in [0, 0.05) is 10.1 Å². The summed E-state index contributed by atoms with van der Waals surface area (Å²) in [5.74, 6) is 0.127. The van der Waals surface area contributed by atoms with Crippen LogP contribution in [0.2, 0.25) is 0 Å². The largest absolute Gasteiger partial charge is 0.423 e. The number of rotatable bonds is 3. The number of aromatic nitrogens is 3. The van der Waals surface area contributed by atoms with Gasteiger partial charge in [-0.3, -0.25) is 0 Å². The molecule has 6 heteroatoms. The minimum atomic E-state index is -0.399. The van der Waals surface area contributed by atoms with E-state index in [0.29, 0.717) is 16.8 Å². The highest BCUT2D eigenvalue weighted by molar-refractivity contribution is 14.1. The Morgan fingerprint density at radius 3 is 2.71 bits per heavy atom. The molecule has 1 aromatic heterocycles. The first kappa shape index (κ1) is 14.0. The van der Waals surface area contributed by atoms with Crippen LogP contribution in [0.3, 0.4) is 0 Å². The van der Waals surface area contributed by atoms with E-state index in [1.165, 1.54) is 0 Å². The van der Waals surface area contributed by atoms with Gasteiger partial charge in [-0.1, -0.05) is 5.21 Å². The van der Waals surface area contributed by atoms with Crippen LogP contribution in [0.4, 0.5) is 0 Å². The van der Waals surface area contributed by atoms with Crippen LogP contribution in [0, 0.1) is 3.57 Å². The highest BCUT2D eigenvalue weighted by atomic mass is 127. The van der Waals surface area contributed by atoms with Crippen LogP contribution in [-0.2, 0) is 6.54 Å². The lowest BCUT2D eigenvalue weighted by Crippen LogP contribution is -2.08. The maximum absolute atomic E-state index is 12.1. The summed E-state index contributed by atoms with van der Waals surface area (Å²) < 4.78 is 8.21. The van der Waals surface area contributed by atoms with Gasteiger partial charge in [0.05, 0.1) is 11.1 Å². The number of esters is 1. The number of hydrogen-bond donors (Lipinski definition) is 0. The fourth-order valence-electron chi connectivity index (χ4n) is 2.00. The van der Waals surface area contributed by atoms with Gasteiger partial charge in [0.25, 0.3) is 0 Å². The number of benzene rings is 2. The van der Waals surface area contributed by atoms with E-state index in [0.717, 1.165) is 15.6 Å². The molecule has 1 heterocycles. The highest BCUT2D eigenvalue weighted by Gasteiger charge is 2.11. The van der Waals surface area contributed by atoms with Crippen LogP contribution >= 0.6 is 22.6 Å². The lowest BCUT2D eigenvalue weighted by atomic mass is 10.2. The van der Waals surface area contributed by atoms with E-state index >= 15 is 0 Å². The molecule has 3 rings (SSSR count). The van der Waals surface area contributed by atoms with Crippen LogP contribution in [-0.4, -0.2) is 21.0 Å². The van der Waals surface area contributed by atoms with E-state index in [4.69, 9.17) is 4.74 Å². The quantitative estimate of drug-likeness (QED) is 0.390. The van der Waals surface area contributed by atoms with Crippen molar-refractivity contribution in [1.29, 1.82) is 0 Å². The van der Waals surface area contributed by atoms with Crippen LogP contribution in [0.25, 0.3) is 11.0 Å². The summed E-state index contributed by atoms with van der Waals surface area (Å²) in [6, 6.07) is 12.6. The summed E-state index contributed by atoms with van der Waals surface area (Å²) in [5, 5.41) is 8.08. The number of carbonyl (C=O) groups excluding carboxylic acids is 1. The summed E-state index contributed by atoms with van der Waals surface area (Å²) in [5.41, 5.74) is 2.06. The first-order chi connectivity index (χ1) is 10.2. The normalized spacial score (nSPS) is 10.8. The third kappa shape index (κ3) is 2.90. The SMILES string of the molecule is CCn1nnc2cc(C(=O)Oc3ccc(I)cc3)ccc21. The van der Waals surface area contributed by atoms with Gasteiger partial charge >= 0.3 is 5.97 Å². The lowest BCUT2D eigenvalue weighted by molar-refractivity contribution is 0.0735. The Bertz CT molecular complexity index is 796. The van der Waals surface area contributed by atoms with E-state index in [-0.39, 0.29) is 0 Å². The minimum Gasteiger partial charge on any atom is -0.423 e. The Kier molecular flexibility index (Phi) is 3.87. The number of halogens is 1. The van der Waals surface area contributed by atoms with Gasteiger partial charge in [-0.25, -0.2) is 9.48 Å². The Morgan fingerprint density at radius 2 is 2.00 bits per heavy atom. The molecule has 5 nitrogen and oxygen atoms in total. The summed E-state index contributed by atoms with van der Waals surface area (Å²) >= 11 is 2.20. The third-order valence-electron chi connectivity index (χ3n) is 3.07. The first-order valence-corrected chi connectivity index (χ1v) is 7.56. The number of hydrogen-bond acceptors (Lipinski definition) is 4. The average molecular weight is 393 g/mol. The van der Waals surface area contributed by atoms with E-state index in [1.807, 2.05) is 25.1 Å². The molecule has 106 valence electrons. The number of carbonyl (C=O) groups is 1. The van der Waals surface area contributed by atoms with Gasteiger partial charge in [0.1, 0.15) is 11.3 Å². The molecule has 0 N–H and O–H groups in total. The van der Waals surface area contributed by atoms with E-state index < -0.39 is 5.97 Å². The minimum absolute atomic E-state index is 0.399. The zero-order chi connectivity index (χ0) is 14.8. The predicted octanol–water partition coefficient (Wildman–Crippen LogP) is 3.28. The maximum Gasteiger partial charge on any atom is 0.343 e. The molecule has 0 radical (unpaired) electrons. The second-order valence-electron chi connectivity index (χ2n) is 4.45. The fourth-order valence-corrected chi connectivity index (χ4v) is 2.36. The van der Waals surface area contributed by atoms with Crippen LogP contribution in [0.15, 0.2) is 42.5 Å². The monoisotopic (exact) mass is 393 g/mol. The summed E-state index contributed by atoms with van der Waals surface area (Å²) in [6.07, 6.45) is 0. The van der Waals surface area contributed by atoms with Crippen LogP contribution in [0.5, 0.6) is 5.75 Å². The number of nitrogens with zero attached hydrogens (tertiary/aromatic N) is 3. The average Bonchev–Trinajstić information content (AvgIpc) is 2.91. The summed E-state index contributed by atoms with van der Waals surface area (Å²) in [4.78, 5) is 12.1. The Labute approximate surface area is 135 Å². The van der Waals surface area contributed by atoms with Gasteiger partial charge in [0.2, 0.25) is 0 Å². The molecule has 0 atom stereocenters. The molecule has 0 saturated carbocycles. The summed E-state index contributed by atoms with van der Waals surface area (Å²) in [7, 11) is 0. The second kappa shape index (κ2) is 5.80. The maximum atomic E-state index is 12.1. The molecule has 0 unspecified atom stereocenters. The van der Waals surface area contributed by atoms with Crippen molar-refractivity contribution in [2.45, 2.75) is 13.5 Å². The van der Waals surface area contributed by atoms with Crippen LogP contribution < -0.4 is 4.74 Å². The molecule has 3 aromatic rings. The number of fused-ring (bicyclic) bond motifs is 1. The molecule has 0 amide bonds. The molecule has 0 fully saturated rings. The summed E-state index contributed by atoms with van der Waals surface area (Å²) in [6.45, 7) is 2.73. The van der Waals surface area contributed by atoms with Crippen molar-refractivity contribution in [3.8, 4) is 5.75 Å². The smallest absolute Gasteiger partial charge is 0.343 e. The Hall–Kier alpha value is -1.96. The van der Waals surface area contributed by atoms with E-state index in [9.17, 15) is 4.79 Å². The van der Waals surface area contributed by atoms with Crippen molar-refractivity contribution in [3.63, 3.8) is 0 Å². The number of ether oxygens (including phenoxy) is 1. The predicted molar refractivity (Wildman–Crippen MR) is 87.3 cm³/mol. The molecule has 0 spiro atoms. The molecule has 0 aliphatic heterocycles. The van der Waals surface area contributed by atoms with Crippen molar-refractivity contribution in [2.75, 3.05) is 0 Å². The Morgan fingerprint density at radius 1 is 1.24 bits per heavy atom. The second-order valence-corrected chi connectivity index (χ2v) is 5.70. The van der Waals surface area contributed by atoms with Crippen molar-refractivity contribution in [2.24, 2.45) is 0 Å². The molecule has 21 heavy (non-hydrogen) atoms. The number of aryl methyl sites for hydroxylation is 1. The van der Waals surface area contributed by atoms with Crippen molar-refractivity contribution in [1.82, 2.24) is 15.0 Å². The van der Waals surface area contributed by atoms with E-state index in [1.54, 1.807) is 28.9 Å². The molecule has 0 saturated heterocycles.